The second-order valence-electron chi connectivity index (χ2n) is 3.32. The number of rotatable bonds is 2. The van der Waals surface area contributed by atoms with Crippen molar-refractivity contribution in [2.45, 2.75) is 19.5 Å². The third kappa shape index (κ3) is 4.22. The van der Waals surface area contributed by atoms with E-state index in [1.807, 2.05) is 0 Å². The van der Waals surface area contributed by atoms with Crippen LogP contribution in [0.2, 0.25) is 0 Å². The Morgan fingerprint density at radius 2 is 2.06 bits per heavy atom. The van der Waals surface area contributed by atoms with Gasteiger partial charge in [-0.15, -0.1) is 0 Å². The van der Waals surface area contributed by atoms with Gasteiger partial charge in [0.05, 0.1) is 5.69 Å². The van der Waals surface area contributed by atoms with Crippen LogP contribution in [0.25, 0.3) is 0 Å². The van der Waals surface area contributed by atoms with E-state index in [9.17, 15) is 18.0 Å². The first-order valence-electron chi connectivity index (χ1n) is 4.41. The van der Waals surface area contributed by atoms with Crippen molar-refractivity contribution in [3.05, 3.63) is 28.2 Å². The Morgan fingerprint density at radius 1 is 1.44 bits per heavy atom. The molecule has 16 heavy (non-hydrogen) atoms. The van der Waals surface area contributed by atoms with Crippen molar-refractivity contribution in [1.29, 1.82) is 0 Å². The van der Waals surface area contributed by atoms with E-state index in [2.05, 4.69) is 21.2 Å². The molecule has 0 aliphatic rings. The Kier molecular flexibility index (Phi) is 3.96. The summed E-state index contributed by atoms with van der Waals surface area (Å²) in [6.45, 7) is 1.78. The van der Waals surface area contributed by atoms with Gasteiger partial charge in [0.2, 0.25) is 5.91 Å². The number of carbonyl (C=O) groups excluding carboxylic acids is 1. The summed E-state index contributed by atoms with van der Waals surface area (Å²) in [6, 6.07) is 5.04. The zero-order valence-corrected chi connectivity index (χ0v) is 9.95. The van der Waals surface area contributed by atoms with Crippen molar-refractivity contribution < 1.29 is 18.0 Å². The van der Waals surface area contributed by atoms with Gasteiger partial charge >= 0.3 is 6.18 Å². The molecule has 1 aromatic carbocycles. The predicted molar refractivity (Wildman–Crippen MR) is 58.2 cm³/mol. The summed E-state index contributed by atoms with van der Waals surface area (Å²) < 4.78 is 36.3. The SMILES string of the molecule is Cc1ccc(Br)c(NC(=O)CC(F)(F)F)c1. The summed E-state index contributed by atoms with van der Waals surface area (Å²) in [6.07, 6.45) is -5.96. The van der Waals surface area contributed by atoms with Crippen LogP contribution in [0.3, 0.4) is 0 Å². The number of hydrogen-bond acceptors (Lipinski definition) is 1. The highest BCUT2D eigenvalue weighted by Gasteiger charge is 2.31. The minimum atomic E-state index is -4.49. The van der Waals surface area contributed by atoms with Gasteiger partial charge < -0.3 is 5.32 Å². The smallest absolute Gasteiger partial charge is 0.325 e. The lowest BCUT2D eigenvalue weighted by Crippen LogP contribution is -2.21. The normalized spacial score (nSPS) is 11.3. The number of benzene rings is 1. The molecule has 0 unspecified atom stereocenters. The molecule has 0 aliphatic carbocycles. The largest absolute Gasteiger partial charge is 0.397 e. The van der Waals surface area contributed by atoms with E-state index in [1.165, 1.54) is 0 Å². The van der Waals surface area contributed by atoms with Crippen molar-refractivity contribution in [2.75, 3.05) is 5.32 Å². The summed E-state index contributed by atoms with van der Waals surface area (Å²) in [7, 11) is 0. The lowest BCUT2D eigenvalue weighted by atomic mass is 10.2. The van der Waals surface area contributed by atoms with Gasteiger partial charge in [0.15, 0.2) is 0 Å². The zero-order chi connectivity index (χ0) is 12.3. The summed E-state index contributed by atoms with van der Waals surface area (Å²) in [4.78, 5) is 11.0. The molecular formula is C10H9BrF3NO. The highest BCUT2D eigenvalue weighted by molar-refractivity contribution is 9.10. The van der Waals surface area contributed by atoms with Gasteiger partial charge in [-0.1, -0.05) is 6.07 Å². The average Bonchev–Trinajstić information content (AvgIpc) is 2.08. The quantitative estimate of drug-likeness (QED) is 0.886. The second-order valence-corrected chi connectivity index (χ2v) is 4.18. The molecule has 0 saturated heterocycles. The van der Waals surface area contributed by atoms with Crippen molar-refractivity contribution in [3.63, 3.8) is 0 Å². The van der Waals surface area contributed by atoms with Gasteiger partial charge in [-0.2, -0.15) is 13.2 Å². The molecule has 2 nitrogen and oxygen atoms in total. The van der Waals surface area contributed by atoms with E-state index >= 15 is 0 Å². The maximum absolute atomic E-state index is 11.9. The van der Waals surface area contributed by atoms with Crippen molar-refractivity contribution >= 4 is 27.5 Å². The van der Waals surface area contributed by atoms with Crippen LogP contribution in [0.5, 0.6) is 0 Å². The first kappa shape index (κ1) is 13.0. The number of anilines is 1. The number of alkyl halides is 3. The third-order valence-corrected chi connectivity index (χ3v) is 2.45. The highest BCUT2D eigenvalue weighted by atomic mass is 79.9. The van der Waals surface area contributed by atoms with Crippen LogP contribution < -0.4 is 5.32 Å². The number of nitrogens with one attached hydrogen (secondary N) is 1. The molecule has 0 aromatic heterocycles. The van der Waals surface area contributed by atoms with E-state index < -0.39 is 18.5 Å². The van der Waals surface area contributed by atoms with E-state index in [0.29, 0.717) is 10.2 Å². The molecule has 0 radical (unpaired) electrons. The second kappa shape index (κ2) is 4.86. The molecule has 0 atom stereocenters. The van der Waals surface area contributed by atoms with Crippen LogP contribution in [0.1, 0.15) is 12.0 Å². The Hall–Kier alpha value is -1.04. The van der Waals surface area contributed by atoms with Crippen LogP contribution in [0, 0.1) is 6.92 Å². The molecule has 88 valence electrons. The first-order valence-corrected chi connectivity index (χ1v) is 5.20. The van der Waals surface area contributed by atoms with Crippen molar-refractivity contribution in [2.24, 2.45) is 0 Å². The lowest BCUT2D eigenvalue weighted by Gasteiger charge is -2.09. The van der Waals surface area contributed by atoms with E-state index in [1.54, 1.807) is 25.1 Å². The van der Waals surface area contributed by atoms with E-state index in [4.69, 9.17) is 0 Å². The molecule has 1 rings (SSSR count). The number of carbonyl (C=O) groups is 1. The van der Waals surface area contributed by atoms with Gasteiger partial charge in [0.1, 0.15) is 6.42 Å². The van der Waals surface area contributed by atoms with E-state index in [0.717, 1.165) is 5.56 Å². The van der Waals surface area contributed by atoms with Crippen molar-refractivity contribution in [1.82, 2.24) is 0 Å². The summed E-state index contributed by atoms with van der Waals surface area (Å²) in [5.74, 6) is -1.07. The van der Waals surface area contributed by atoms with Gasteiger partial charge in [0, 0.05) is 4.47 Å². The van der Waals surface area contributed by atoms with Gasteiger partial charge in [0.25, 0.3) is 0 Å². The molecule has 0 fully saturated rings. The van der Waals surface area contributed by atoms with Crippen LogP contribution >= 0.6 is 15.9 Å². The topological polar surface area (TPSA) is 29.1 Å². The van der Waals surface area contributed by atoms with E-state index in [-0.39, 0.29) is 0 Å². The molecular weight excluding hydrogens is 287 g/mol. The van der Waals surface area contributed by atoms with Crippen LogP contribution in [-0.4, -0.2) is 12.1 Å². The minimum Gasteiger partial charge on any atom is -0.325 e. The molecule has 1 amide bonds. The molecule has 1 N–H and O–H groups in total. The fourth-order valence-corrected chi connectivity index (χ4v) is 1.46. The van der Waals surface area contributed by atoms with Crippen molar-refractivity contribution in [3.8, 4) is 0 Å². The minimum absolute atomic E-state index is 0.342. The van der Waals surface area contributed by atoms with Crippen LogP contribution in [0.4, 0.5) is 18.9 Å². The Morgan fingerprint density at radius 3 is 2.62 bits per heavy atom. The molecule has 0 heterocycles. The summed E-state index contributed by atoms with van der Waals surface area (Å²) in [5, 5.41) is 2.20. The third-order valence-electron chi connectivity index (χ3n) is 1.76. The number of aryl methyl sites for hydroxylation is 1. The average molecular weight is 296 g/mol. The fourth-order valence-electron chi connectivity index (χ4n) is 1.11. The van der Waals surface area contributed by atoms with Gasteiger partial charge in [-0.25, -0.2) is 0 Å². The summed E-state index contributed by atoms with van der Waals surface area (Å²) >= 11 is 3.14. The lowest BCUT2D eigenvalue weighted by molar-refractivity contribution is -0.150. The fraction of sp³-hybridized carbons (Fsp3) is 0.300. The van der Waals surface area contributed by atoms with Gasteiger partial charge in [-0.3, -0.25) is 4.79 Å². The van der Waals surface area contributed by atoms with Crippen LogP contribution in [-0.2, 0) is 4.79 Å². The maximum atomic E-state index is 11.9. The molecule has 0 aliphatic heterocycles. The highest BCUT2D eigenvalue weighted by Crippen LogP contribution is 2.25. The summed E-state index contributed by atoms with van der Waals surface area (Å²) in [5.41, 5.74) is 1.19. The number of amides is 1. The molecule has 0 saturated carbocycles. The standard InChI is InChI=1S/C10H9BrF3NO/c1-6-2-3-7(11)8(4-6)15-9(16)5-10(12,13)14/h2-4H,5H2,1H3,(H,15,16). The Bertz CT molecular complexity index is 404. The Labute approximate surface area is 99.0 Å². The maximum Gasteiger partial charge on any atom is 0.397 e. The molecule has 6 heteroatoms. The molecule has 0 spiro atoms. The molecule has 0 bridgehead atoms. The number of hydrogen-bond donors (Lipinski definition) is 1. The van der Waals surface area contributed by atoms with Crippen LogP contribution in [0.15, 0.2) is 22.7 Å². The van der Waals surface area contributed by atoms with Gasteiger partial charge in [-0.05, 0) is 40.5 Å². The Balaban J connectivity index is 2.73. The number of halogens is 4. The predicted octanol–water partition coefficient (Wildman–Crippen LogP) is 3.65. The first-order chi connectivity index (χ1) is 7.28. The molecule has 1 aromatic rings. The monoisotopic (exact) mass is 295 g/mol. The zero-order valence-electron chi connectivity index (χ0n) is 8.36.